The molecule has 0 unspecified atom stereocenters. The molecule has 0 aliphatic rings. The summed E-state index contributed by atoms with van der Waals surface area (Å²) in [6.45, 7) is 0. The van der Waals surface area contributed by atoms with Gasteiger partial charge in [-0.05, 0) is 35.9 Å². The van der Waals surface area contributed by atoms with E-state index in [1.165, 1.54) is 19.2 Å². The van der Waals surface area contributed by atoms with Crippen molar-refractivity contribution in [1.82, 2.24) is 0 Å². The van der Waals surface area contributed by atoms with Crippen LogP contribution >= 0.6 is 0 Å². The number of carbonyl (C=O) groups excluding carboxylic acids is 1. The number of Topliss-reactive ketones (excluding diaryl/α,β-unsaturated/α-hetero) is 1. The smallest absolute Gasteiger partial charge is 0.167 e. The Morgan fingerprint density at radius 1 is 1.10 bits per heavy atom. The van der Waals surface area contributed by atoms with E-state index in [0.29, 0.717) is 11.3 Å². The van der Waals surface area contributed by atoms with Gasteiger partial charge in [-0.1, -0.05) is 12.1 Å². The first kappa shape index (κ1) is 14.1. The fourth-order valence-electron chi connectivity index (χ4n) is 1.91. The van der Waals surface area contributed by atoms with Gasteiger partial charge in [-0.2, -0.15) is 0 Å². The Hall–Kier alpha value is -2.36. The molecular formula is C16H15FO3. The lowest BCUT2D eigenvalue weighted by Gasteiger charge is -2.06. The predicted molar refractivity (Wildman–Crippen MR) is 74.0 cm³/mol. The van der Waals surface area contributed by atoms with Crippen molar-refractivity contribution in [3.05, 3.63) is 59.4 Å². The topological polar surface area (TPSA) is 35.5 Å². The van der Waals surface area contributed by atoms with Gasteiger partial charge in [0, 0.05) is 12.0 Å². The number of ether oxygens (including phenoxy) is 2. The summed E-state index contributed by atoms with van der Waals surface area (Å²) >= 11 is 0. The van der Waals surface area contributed by atoms with Crippen molar-refractivity contribution in [2.75, 3.05) is 14.2 Å². The minimum absolute atomic E-state index is 0.128. The molecule has 104 valence electrons. The maximum Gasteiger partial charge on any atom is 0.167 e. The molecule has 0 N–H and O–H groups in total. The molecule has 0 spiro atoms. The quantitative estimate of drug-likeness (QED) is 0.785. The van der Waals surface area contributed by atoms with Crippen LogP contribution in [0.5, 0.6) is 11.5 Å². The number of methoxy groups -OCH3 is 2. The van der Waals surface area contributed by atoms with E-state index in [0.717, 1.165) is 5.56 Å². The first-order valence-corrected chi connectivity index (χ1v) is 6.13. The number of rotatable bonds is 5. The second kappa shape index (κ2) is 6.19. The average Bonchev–Trinajstić information content (AvgIpc) is 2.47. The van der Waals surface area contributed by atoms with Crippen molar-refractivity contribution in [2.45, 2.75) is 6.42 Å². The summed E-state index contributed by atoms with van der Waals surface area (Å²) in [5.74, 6) is 0.128. The van der Waals surface area contributed by atoms with E-state index in [-0.39, 0.29) is 18.0 Å². The number of benzene rings is 2. The average molecular weight is 274 g/mol. The predicted octanol–water partition coefficient (Wildman–Crippen LogP) is 3.27. The highest BCUT2D eigenvalue weighted by Crippen LogP contribution is 2.20. The molecule has 0 aromatic heterocycles. The van der Waals surface area contributed by atoms with Crippen molar-refractivity contribution in [3.63, 3.8) is 0 Å². The second-order valence-corrected chi connectivity index (χ2v) is 4.30. The van der Waals surface area contributed by atoms with Gasteiger partial charge < -0.3 is 9.47 Å². The van der Waals surface area contributed by atoms with Crippen LogP contribution in [0.1, 0.15) is 15.9 Å². The van der Waals surface area contributed by atoms with Gasteiger partial charge in [-0.15, -0.1) is 0 Å². The molecule has 0 atom stereocenters. The molecule has 2 aromatic carbocycles. The fourth-order valence-corrected chi connectivity index (χ4v) is 1.91. The summed E-state index contributed by atoms with van der Waals surface area (Å²) in [4.78, 5) is 12.1. The first-order chi connectivity index (χ1) is 9.63. The molecule has 2 rings (SSSR count). The van der Waals surface area contributed by atoms with E-state index in [2.05, 4.69) is 0 Å². The lowest BCUT2D eigenvalue weighted by atomic mass is 10.0. The molecule has 0 fully saturated rings. The van der Waals surface area contributed by atoms with Gasteiger partial charge in [-0.25, -0.2) is 4.39 Å². The van der Waals surface area contributed by atoms with Crippen LogP contribution in [-0.2, 0) is 6.42 Å². The molecule has 0 amide bonds. The number of halogens is 1. The zero-order chi connectivity index (χ0) is 14.5. The van der Waals surface area contributed by atoms with Crippen LogP contribution in [0.25, 0.3) is 0 Å². The van der Waals surface area contributed by atoms with Crippen LogP contribution < -0.4 is 9.47 Å². The Bertz CT molecular complexity index is 623. The first-order valence-electron chi connectivity index (χ1n) is 6.13. The van der Waals surface area contributed by atoms with Gasteiger partial charge in [0.05, 0.1) is 14.2 Å². The Labute approximate surface area is 117 Å². The summed E-state index contributed by atoms with van der Waals surface area (Å²) in [5.41, 5.74) is 1.15. The largest absolute Gasteiger partial charge is 0.497 e. The standard InChI is InChI=1S/C16H15FO3/c1-19-13-5-3-4-11(8-13)9-15(18)12-6-7-16(20-2)14(17)10-12/h3-8,10H,9H2,1-2H3. The van der Waals surface area contributed by atoms with E-state index >= 15 is 0 Å². The molecule has 2 aromatic rings. The Balaban J connectivity index is 2.17. The Morgan fingerprint density at radius 3 is 2.55 bits per heavy atom. The molecule has 0 saturated carbocycles. The Kier molecular flexibility index (Phi) is 4.35. The van der Waals surface area contributed by atoms with Crippen molar-refractivity contribution < 1.29 is 18.7 Å². The molecule has 0 aliphatic heterocycles. The third kappa shape index (κ3) is 3.15. The van der Waals surface area contributed by atoms with Crippen LogP contribution in [-0.4, -0.2) is 20.0 Å². The van der Waals surface area contributed by atoms with Crippen LogP contribution in [0, 0.1) is 5.82 Å². The zero-order valence-electron chi connectivity index (χ0n) is 11.4. The van der Waals surface area contributed by atoms with Crippen molar-refractivity contribution in [3.8, 4) is 11.5 Å². The molecule has 0 bridgehead atoms. The maximum atomic E-state index is 13.6. The number of ketones is 1. The molecule has 4 heteroatoms. The summed E-state index contributed by atoms with van der Waals surface area (Å²) in [6, 6.07) is 11.5. The SMILES string of the molecule is COc1cccc(CC(=O)c2ccc(OC)c(F)c2)c1. The van der Waals surface area contributed by atoms with Gasteiger partial charge in [-0.3, -0.25) is 4.79 Å². The highest BCUT2D eigenvalue weighted by Gasteiger charge is 2.11. The van der Waals surface area contributed by atoms with Gasteiger partial charge in [0.15, 0.2) is 17.3 Å². The monoisotopic (exact) mass is 274 g/mol. The minimum Gasteiger partial charge on any atom is -0.497 e. The molecule has 3 nitrogen and oxygen atoms in total. The van der Waals surface area contributed by atoms with E-state index in [4.69, 9.17) is 9.47 Å². The summed E-state index contributed by atoms with van der Waals surface area (Å²) in [6.07, 6.45) is 0.197. The highest BCUT2D eigenvalue weighted by molar-refractivity contribution is 5.97. The van der Waals surface area contributed by atoms with Gasteiger partial charge in [0.25, 0.3) is 0 Å². The Morgan fingerprint density at radius 2 is 1.90 bits per heavy atom. The summed E-state index contributed by atoms with van der Waals surface area (Å²) in [7, 11) is 2.95. The lowest BCUT2D eigenvalue weighted by molar-refractivity contribution is 0.0992. The van der Waals surface area contributed by atoms with Crippen molar-refractivity contribution in [1.29, 1.82) is 0 Å². The molecule has 0 saturated heterocycles. The second-order valence-electron chi connectivity index (χ2n) is 4.30. The van der Waals surface area contributed by atoms with Gasteiger partial charge in [0.2, 0.25) is 0 Å². The molecule has 0 heterocycles. The third-order valence-electron chi connectivity index (χ3n) is 2.97. The maximum absolute atomic E-state index is 13.6. The van der Waals surface area contributed by atoms with Crippen LogP contribution in [0.2, 0.25) is 0 Å². The summed E-state index contributed by atoms with van der Waals surface area (Å²) in [5, 5.41) is 0. The van der Waals surface area contributed by atoms with Crippen LogP contribution in [0.4, 0.5) is 4.39 Å². The molecular weight excluding hydrogens is 259 g/mol. The molecule has 0 aliphatic carbocycles. The van der Waals surface area contributed by atoms with Crippen LogP contribution in [0.15, 0.2) is 42.5 Å². The van der Waals surface area contributed by atoms with Crippen molar-refractivity contribution >= 4 is 5.78 Å². The van der Waals surface area contributed by atoms with Crippen LogP contribution in [0.3, 0.4) is 0 Å². The molecule has 20 heavy (non-hydrogen) atoms. The van der Waals surface area contributed by atoms with E-state index in [1.807, 2.05) is 12.1 Å². The van der Waals surface area contributed by atoms with Gasteiger partial charge >= 0.3 is 0 Å². The van der Waals surface area contributed by atoms with Crippen molar-refractivity contribution in [2.24, 2.45) is 0 Å². The normalized spacial score (nSPS) is 10.2. The highest BCUT2D eigenvalue weighted by atomic mass is 19.1. The summed E-state index contributed by atoms with van der Waals surface area (Å²) < 4.78 is 23.5. The number of hydrogen-bond donors (Lipinski definition) is 0. The van der Waals surface area contributed by atoms with E-state index in [1.54, 1.807) is 25.3 Å². The number of hydrogen-bond acceptors (Lipinski definition) is 3. The van der Waals surface area contributed by atoms with Gasteiger partial charge in [0.1, 0.15) is 5.75 Å². The van der Waals surface area contributed by atoms with E-state index < -0.39 is 5.82 Å². The fraction of sp³-hybridized carbons (Fsp3) is 0.188. The third-order valence-corrected chi connectivity index (χ3v) is 2.97. The lowest BCUT2D eigenvalue weighted by Crippen LogP contribution is -2.04. The zero-order valence-corrected chi connectivity index (χ0v) is 11.4. The minimum atomic E-state index is -0.538. The number of carbonyl (C=O) groups is 1. The van der Waals surface area contributed by atoms with E-state index in [9.17, 15) is 9.18 Å². The molecule has 0 radical (unpaired) electrons.